The molecular weight excluding hydrogens is 1220 g/mol. The molecule has 2 heterocycles. The molecule has 0 unspecified atom stereocenters. The summed E-state index contributed by atoms with van der Waals surface area (Å²) in [5, 5.41) is 53.6. The molecule has 1 fully saturated rings. The summed E-state index contributed by atoms with van der Waals surface area (Å²) in [7, 11) is 0. The SMILES string of the molecule is CC[C@H](C)[C@H](NC(=O)[C@H](CC(N)=O)NC(=O)[C@H](CC(C)C)NC(=O)[C@@H]1CCCN1C(=O)[C@H](CO)NC(=O)[C@@H](N)[C@@H](C)O)C(=O)N[C@@H](Cc1cnc[nH]1)C(=O)N[C@@H](CC(N)=O)C(=O)NCC(=O)N[C@@H](CCC(N)=O)C(=O)N[C@@H](CCCCN)C(=O)N[C@@H](CC(C)C)C(=O)O. The van der Waals surface area contributed by atoms with Gasteiger partial charge in [-0.2, -0.15) is 0 Å². The fourth-order valence-corrected chi connectivity index (χ4v) is 9.65. The topological polar surface area (TPSA) is 599 Å². The number of imidazole rings is 1. The van der Waals surface area contributed by atoms with E-state index in [0.29, 0.717) is 19.3 Å². The Kier molecular flexibility index (Phi) is 34.6. The molecule has 36 heteroatoms. The molecule has 0 bridgehead atoms. The van der Waals surface area contributed by atoms with Crippen molar-refractivity contribution >= 4 is 88.7 Å². The van der Waals surface area contributed by atoms with E-state index in [2.05, 4.69) is 63.1 Å². The summed E-state index contributed by atoms with van der Waals surface area (Å²) in [5.74, 6) is -16.5. The Balaban J connectivity index is 2.39. The van der Waals surface area contributed by atoms with Gasteiger partial charge in [-0.3, -0.25) is 67.1 Å². The van der Waals surface area contributed by atoms with Crippen molar-refractivity contribution in [3.05, 3.63) is 18.2 Å². The number of carboxylic acid groups (broad SMARTS) is 1. The number of unbranched alkanes of at least 4 members (excludes halogenated alkanes) is 1. The second-order valence-corrected chi connectivity index (χ2v) is 23.8. The normalized spacial score (nSPS) is 16.7. The third kappa shape index (κ3) is 28.2. The molecule has 93 heavy (non-hydrogen) atoms. The van der Waals surface area contributed by atoms with Crippen molar-refractivity contribution in [3.8, 4) is 0 Å². The van der Waals surface area contributed by atoms with Gasteiger partial charge in [-0.15, -0.1) is 0 Å². The number of aliphatic hydroxyl groups is 2. The van der Waals surface area contributed by atoms with Crippen LogP contribution in [0.4, 0.5) is 0 Å². The van der Waals surface area contributed by atoms with Crippen molar-refractivity contribution in [2.24, 2.45) is 46.4 Å². The Morgan fingerprint density at radius 3 is 1.66 bits per heavy atom. The summed E-state index contributed by atoms with van der Waals surface area (Å²) in [6.45, 7) is 9.79. The second-order valence-electron chi connectivity index (χ2n) is 23.8. The first-order valence-corrected chi connectivity index (χ1v) is 30.7. The smallest absolute Gasteiger partial charge is 0.326 e. The van der Waals surface area contributed by atoms with Crippen LogP contribution in [-0.4, -0.2) is 218 Å². The van der Waals surface area contributed by atoms with Gasteiger partial charge in [-0.05, 0) is 82.6 Å². The number of hydrogen-bond donors (Lipinski definition) is 19. The number of nitrogens with two attached hydrogens (primary N) is 5. The first kappa shape index (κ1) is 80.2. The first-order valence-electron chi connectivity index (χ1n) is 30.7. The van der Waals surface area contributed by atoms with Gasteiger partial charge >= 0.3 is 5.97 Å². The van der Waals surface area contributed by atoms with E-state index in [1.165, 1.54) is 19.4 Å². The molecule has 24 N–H and O–H groups in total. The van der Waals surface area contributed by atoms with Crippen molar-refractivity contribution in [3.63, 3.8) is 0 Å². The molecule has 1 saturated heterocycles. The molecule has 1 aliphatic heterocycles. The number of nitrogens with one attached hydrogen (secondary N) is 11. The van der Waals surface area contributed by atoms with Crippen molar-refractivity contribution < 1.29 is 87.2 Å². The van der Waals surface area contributed by atoms with Crippen molar-refractivity contribution in [2.45, 2.75) is 205 Å². The minimum absolute atomic E-state index is 0.00447. The van der Waals surface area contributed by atoms with Crippen LogP contribution in [0.5, 0.6) is 0 Å². The summed E-state index contributed by atoms with van der Waals surface area (Å²) in [6, 6.07) is -16.7. The summed E-state index contributed by atoms with van der Waals surface area (Å²) < 4.78 is 0. The zero-order chi connectivity index (χ0) is 70.4. The van der Waals surface area contributed by atoms with E-state index in [1.807, 2.05) is 0 Å². The molecule has 2 rings (SSSR count). The molecule has 0 aromatic carbocycles. The van der Waals surface area contributed by atoms with Gasteiger partial charge in [0.25, 0.3) is 0 Å². The number of carboxylic acids is 1. The van der Waals surface area contributed by atoms with Crippen molar-refractivity contribution in [2.75, 3.05) is 26.2 Å². The number of hydrogen-bond acceptors (Lipinski definition) is 20. The monoisotopic (exact) mass is 1320 g/mol. The largest absolute Gasteiger partial charge is 0.480 e. The minimum Gasteiger partial charge on any atom is -0.480 e. The molecule has 1 aliphatic rings. The highest BCUT2D eigenvalue weighted by atomic mass is 16.4. The van der Waals surface area contributed by atoms with E-state index >= 15 is 0 Å². The number of nitrogens with zero attached hydrogens (tertiary/aromatic N) is 2. The van der Waals surface area contributed by atoms with Gasteiger partial charge < -0.3 is 107 Å². The second kappa shape index (κ2) is 40.2. The third-order valence-electron chi connectivity index (χ3n) is 14.9. The van der Waals surface area contributed by atoms with E-state index < -0.39 is 206 Å². The lowest BCUT2D eigenvalue weighted by Gasteiger charge is -2.31. The number of carbonyl (C=O) groups excluding carboxylic acids is 14. The zero-order valence-corrected chi connectivity index (χ0v) is 53.6. The van der Waals surface area contributed by atoms with Gasteiger partial charge in [-0.1, -0.05) is 48.0 Å². The lowest BCUT2D eigenvalue weighted by atomic mass is 9.96. The van der Waals surface area contributed by atoms with E-state index in [4.69, 9.17) is 28.7 Å². The Morgan fingerprint density at radius 2 is 1.14 bits per heavy atom. The number of aromatic nitrogens is 2. The average molecular weight is 1320 g/mol. The number of aromatic amines is 1. The fourth-order valence-electron chi connectivity index (χ4n) is 9.65. The van der Waals surface area contributed by atoms with E-state index in [0.717, 1.165) is 4.90 Å². The summed E-state index contributed by atoms with van der Waals surface area (Å²) >= 11 is 0. The number of carbonyl (C=O) groups is 15. The van der Waals surface area contributed by atoms with E-state index in [-0.39, 0.29) is 69.1 Å². The Morgan fingerprint density at radius 1 is 0.624 bits per heavy atom. The van der Waals surface area contributed by atoms with Crippen LogP contribution in [0.2, 0.25) is 0 Å². The highest BCUT2D eigenvalue weighted by molar-refractivity contribution is 6.00. The number of primary amides is 3. The standard InChI is InChI=1S/C57H96N18O18/c1-8-29(6)46(74-52(87)37(22-43(61)80)69-50(85)34(18-27(2)3)70-53(88)40-13-11-17-75(40)56(91)39(25-76)73-54(89)45(62)30(7)77)55(90)71-35(20-31-23-63-26-65-31)51(86)68-36(21-42(60)79)47(82)64-24-44(81)66-33(14-15-41(59)78)49(84)67-32(12-9-10-16-58)48(83)72-38(57(92)93)19-28(4)5/h23,26-30,32-40,45-46,76-77H,8-22,24-25,58,62H2,1-7H3,(H2,59,78)(H2,60,79)(H2,61,80)(H,63,65)(H,64,82)(H,66,81)(H,67,84)(H,68,86)(H,69,85)(H,70,88)(H,71,90)(H,72,83)(H,73,89)(H,74,87)(H,92,93)/t29-,30+,32-,33-,34-,35-,36-,37-,38-,39-,40-,45-,46-/m0/s1. The maximum absolute atomic E-state index is 14.4. The van der Waals surface area contributed by atoms with Crippen LogP contribution in [0.3, 0.4) is 0 Å². The molecule has 1 aromatic rings. The summed E-state index contributed by atoms with van der Waals surface area (Å²) in [4.78, 5) is 208. The minimum atomic E-state index is -1.84. The number of rotatable bonds is 43. The van der Waals surface area contributed by atoms with Crippen LogP contribution in [0, 0.1) is 17.8 Å². The molecule has 0 radical (unpaired) electrons. The van der Waals surface area contributed by atoms with E-state index in [1.54, 1.807) is 41.5 Å². The highest BCUT2D eigenvalue weighted by Crippen LogP contribution is 2.20. The molecule has 0 saturated carbocycles. The Hall–Kier alpha value is -8.90. The lowest BCUT2D eigenvalue weighted by molar-refractivity contribution is -0.143. The van der Waals surface area contributed by atoms with Gasteiger partial charge in [0.1, 0.15) is 66.5 Å². The fraction of sp³-hybridized carbons (Fsp3) is 0.684. The van der Waals surface area contributed by atoms with E-state index in [9.17, 15) is 87.2 Å². The van der Waals surface area contributed by atoms with Crippen LogP contribution < -0.4 is 81.8 Å². The van der Waals surface area contributed by atoms with Gasteiger partial charge in [-0.25, -0.2) is 9.78 Å². The van der Waals surface area contributed by atoms with Gasteiger partial charge in [0, 0.05) is 31.3 Å². The zero-order valence-electron chi connectivity index (χ0n) is 53.6. The number of H-pyrrole nitrogens is 1. The lowest BCUT2D eigenvalue weighted by Crippen LogP contribution is -2.62. The number of likely N-dealkylation sites (tertiary alicyclic amines) is 1. The first-order chi connectivity index (χ1) is 43.6. The molecular formula is C57H96N18O18. The van der Waals surface area contributed by atoms with Gasteiger partial charge in [0.15, 0.2) is 0 Å². The summed E-state index contributed by atoms with van der Waals surface area (Å²) in [5.41, 5.74) is 27.9. The van der Waals surface area contributed by atoms with Crippen molar-refractivity contribution in [1.29, 1.82) is 0 Å². The predicted molar refractivity (Wildman–Crippen MR) is 329 cm³/mol. The number of amides is 14. The third-order valence-corrected chi connectivity index (χ3v) is 14.9. The number of aliphatic carboxylic acids is 1. The molecule has 0 spiro atoms. The Labute approximate surface area is 537 Å². The Bertz CT molecular complexity index is 2750. The highest BCUT2D eigenvalue weighted by Gasteiger charge is 2.41. The molecule has 522 valence electrons. The van der Waals surface area contributed by atoms with Crippen molar-refractivity contribution in [1.82, 2.24) is 68.0 Å². The maximum atomic E-state index is 14.4. The number of aliphatic hydroxyl groups excluding tert-OH is 2. The summed E-state index contributed by atoms with van der Waals surface area (Å²) in [6.07, 6.45) is -0.362. The van der Waals surface area contributed by atoms with Gasteiger partial charge in [0.2, 0.25) is 82.7 Å². The molecule has 36 nitrogen and oxygen atoms in total. The van der Waals surface area contributed by atoms with Crippen LogP contribution in [0.15, 0.2) is 12.5 Å². The molecule has 14 amide bonds. The van der Waals surface area contributed by atoms with Gasteiger partial charge in [0.05, 0.1) is 38.4 Å². The van der Waals surface area contributed by atoms with Crippen LogP contribution >= 0.6 is 0 Å². The van der Waals surface area contributed by atoms with Crippen LogP contribution in [0.25, 0.3) is 0 Å². The molecule has 13 atom stereocenters. The van der Waals surface area contributed by atoms with Crippen LogP contribution in [-0.2, 0) is 78.3 Å². The molecule has 0 aliphatic carbocycles. The predicted octanol–water partition coefficient (Wildman–Crippen LogP) is -7.51. The maximum Gasteiger partial charge on any atom is 0.326 e. The molecule has 1 aromatic heterocycles. The average Bonchev–Trinajstić information content (AvgIpc) is 1.95. The van der Waals surface area contributed by atoms with Crippen LogP contribution in [0.1, 0.15) is 131 Å². The quantitative estimate of drug-likeness (QED) is 0.0270.